The lowest BCUT2D eigenvalue weighted by Gasteiger charge is -2.31. The number of carbonyl (C=O) groups is 1. The minimum atomic E-state index is -0.655. The molecule has 1 saturated heterocycles. The molecule has 1 aromatic heterocycles. The fourth-order valence-electron chi connectivity index (χ4n) is 1.75. The summed E-state index contributed by atoms with van der Waals surface area (Å²) in [6, 6.07) is 1.15. The van der Waals surface area contributed by atoms with Crippen molar-refractivity contribution in [3.8, 4) is 0 Å². The van der Waals surface area contributed by atoms with E-state index in [-0.39, 0.29) is 12.0 Å². The number of carbonyl (C=O) groups excluding carboxylic acids is 1. The molecule has 2 heterocycles. The van der Waals surface area contributed by atoms with E-state index in [0.717, 1.165) is 6.07 Å². The van der Waals surface area contributed by atoms with Gasteiger partial charge in [0, 0.05) is 29.8 Å². The lowest BCUT2D eigenvalue weighted by atomic mass is 10.2. The molecule has 0 bridgehead atoms. The third kappa shape index (κ3) is 2.81. The summed E-state index contributed by atoms with van der Waals surface area (Å²) in [5, 5.41) is 0. The predicted octanol–water partition coefficient (Wildman–Crippen LogP) is 1.84. The van der Waals surface area contributed by atoms with Gasteiger partial charge in [0.15, 0.2) is 0 Å². The van der Waals surface area contributed by atoms with Crippen molar-refractivity contribution in [1.82, 2.24) is 9.88 Å². The van der Waals surface area contributed by atoms with Gasteiger partial charge in [-0.25, -0.2) is 4.98 Å². The van der Waals surface area contributed by atoms with Crippen LogP contribution in [0.25, 0.3) is 0 Å². The standard InChI is InChI=1S/C11H12BrFN2O2/c1-7-6-15(2-3-17-7)11(16)8-4-10(13)14-5-9(8)12/h4-5,7H,2-3,6H2,1H3/t7-/m1/s1. The second kappa shape index (κ2) is 5.10. The molecule has 2 rings (SSSR count). The van der Waals surface area contributed by atoms with Gasteiger partial charge in [-0.2, -0.15) is 4.39 Å². The Labute approximate surface area is 107 Å². The van der Waals surface area contributed by atoms with Crippen LogP contribution in [0, 0.1) is 5.95 Å². The Balaban J connectivity index is 2.21. The molecule has 17 heavy (non-hydrogen) atoms. The SMILES string of the molecule is C[C@@H]1CN(C(=O)c2cc(F)ncc2Br)CCO1. The predicted molar refractivity (Wildman–Crippen MR) is 63.2 cm³/mol. The first kappa shape index (κ1) is 12.4. The van der Waals surface area contributed by atoms with Gasteiger partial charge >= 0.3 is 0 Å². The molecule has 1 aliphatic heterocycles. The first-order chi connectivity index (χ1) is 8.08. The molecule has 0 radical (unpaired) electrons. The van der Waals surface area contributed by atoms with E-state index in [4.69, 9.17) is 4.74 Å². The fraction of sp³-hybridized carbons (Fsp3) is 0.455. The van der Waals surface area contributed by atoms with Crippen LogP contribution in [0.2, 0.25) is 0 Å². The number of aromatic nitrogens is 1. The van der Waals surface area contributed by atoms with E-state index < -0.39 is 5.95 Å². The summed E-state index contributed by atoms with van der Waals surface area (Å²) in [6.45, 7) is 3.47. The summed E-state index contributed by atoms with van der Waals surface area (Å²) in [5.74, 6) is -0.855. The number of hydrogen-bond acceptors (Lipinski definition) is 3. The van der Waals surface area contributed by atoms with Gasteiger partial charge in [-0.15, -0.1) is 0 Å². The Bertz CT molecular complexity index is 441. The zero-order valence-electron chi connectivity index (χ0n) is 9.32. The van der Waals surface area contributed by atoms with Gasteiger partial charge in [0.1, 0.15) is 0 Å². The monoisotopic (exact) mass is 302 g/mol. The van der Waals surface area contributed by atoms with E-state index in [2.05, 4.69) is 20.9 Å². The van der Waals surface area contributed by atoms with E-state index in [9.17, 15) is 9.18 Å². The highest BCUT2D eigenvalue weighted by Crippen LogP contribution is 2.19. The summed E-state index contributed by atoms with van der Waals surface area (Å²) in [4.78, 5) is 17.3. The summed E-state index contributed by atoms with van der Waals surface area (Å²) in [6.07, 6.45) is 1.31. The number of morpholine rings is 1. The molecule has 0 spiro atoms. The van der Waals surface area contributed by atoms with Crippen LogP contribution in [-0.4, -0.2) is 41.6 Å². The van der Waals surface area contributed by atoms with Crippen LogP contribution in [0.3, 0.4) is 0 Å². The summed E-state index contributed by atoms with van der Waals surface area (Å²) < 4.78 is 18.9. The van der Waals surface area contributed by atoms with Crippen LogP contribution in [0.1, 0.15) is 17.3 Å². The van der Waals surface area contributed by atoms with E-state index in [1.54, 1.807) is 4.90 Å². The number of rotatable bonds is 1. The Hall–Kier alpha value is -1.01. The first-order valence-corrected chi connectivity index (χ1v) is 6.09. The summed E-state index contributed by atoms with van der Waals surface area (Å²) in [5.41, 5.74) is 0.298. The van der Waals surface area contributed by atoms with Crippen molar-refractivity contribution >= 4 is 21.8 Å². The molecule has 1 aromatic rings. The molecule has 1 aliphatic rings. The van der Waals surface area contributed by atoms with E-state index in [1.165, 1.54) is 6.20 Å². The number of hydrogen-bond donors (Lipinski definition) is 0. The normalized spacial score (nSPS) is 20.4. The molecule has 6 heteroatoms. The van der Waals surface area contributed by atoms with Crippen LogP contribution >= 0.6 is 15.9 Å². The minimum absolute atomic E-state index is 0.0122. The molecule has 1 fully saturated rings. The average molecular weight is 303 g/mol. The zero-order valence-corrected chi connectivity index (χ0v) is 10.9. The van der Waals surface area contributed by atoms with Gasteiger partial charge in [0.25, 0.3) is 5.91 Å². The minimum Gasteiger partial charge on any atom is -0.375 e. The van der Waals surface area contributed by atoms with Gasteiger partial charge in [-0.3, -0.25) is 4.79 Å². The van der Waals surface area contributed by atoms with Crippen molar-refractivity contribution < 1.29 is 13.9 Å². The van der Waals surface area contributed by atoms with Gasteiger partial charge in [0.05, 0.1) is 18.3 Å². The molecule has 0 saturated carbocycles. The number of nitrogens with zero attached hydrogens (tertiary/aromatic N) is 2. The number of halogens is 2. The van der Waals surface area contributed by atoms with Crippen molar-refractivity contribution in [2.75, 3.05) is 19.7 Å². The topological polar surface area (TPSA) is 42.4 Å². The summed E-state index contributed by atoms with van der Waals surface area (Å²) >= 11 is 3.20. The lowest BCUT2D eigenvalue weighted by Crippen LogP contribution is -2.44. The third-order valence-electron chi connectivity index (χ3n) is 2.58. The highest BCUT2D eigenvalue weighted by Gasteiger charge is 2.24. The quantitative estimate of drug-likeness (QED) is 0.744. The van der Waals surface area contributed by atoms with Gasteiger partial charge in [-0.1, -0.05) is 0 Å². The van der Waals surface area contributed by atoms with Crippen LogP contribution in [0.4, 0.5) is 4.39 Å². The molecule has 92 valence electrons. The smallest absolute Gasteiger partial charge is 0.255 e. The highest BCUT2D eigenvalue weighted by molar-refractivity contribution is 9.10. The Morgan fingerprint density at radius 1 is 1.71 bits per heavy atom. The van der Waals surface area contributed by atoms with Crippen molar-refractivity contribution in [3.63, 3.8) is 0 Å². The molecule has 0 aromatic carbocycles. The highest BCUT2D eigenvalue weighted by atomic mass is 79.9. The van der Waals surface area contributed by atoms with E-state index in [1.807, 2.05) is 6.92 Å². The van der Waals surface area contributed by atoms with Crippen molar-refractivity contribution in [3.05, 3.63) is 28.2 Å². The van der Waals surface area contributed by atoms with Gasteiger partial charge in [-0.05, 0) is 22.9 Å². The molecule has 0 N–H and O–H groups in total. The van der Waals surface area contributed by atoms with Crippen LogP contribution in [0.15, 0.2) is 16.7 Å². The number of amides is 1. The molecular weight excluding hydrogens is 291 g/mol. The second-order valence-corrected chi connectivity index (χ2v) is 4.77. The largest absolute Gasteiger partial charge is 0.375 e. The lowest BCUT2D eigenvalue weighted by molar-refractivity contribution is -0.0124. The molecule has 0 unspecified atom stereocenters. The van der Waals surface area contributed by atoms with Crippen molar-refractivity contribution in [2.24, 2.45) is 0 Å². The van der Waals surface area contributed by atoms with Crippen LogP contribution in [-0.2, 0) is 4.74 Å². The third-order valence-corrected chi connectivity index (χ3v) is 3.21. The maximum absolute atomic E-state index is 13.0. The Morgan fingerprint density at radius 3 is 3.18 bits per heavy atom. The fourth-order valence-corrected chi connectivity index (χ4v) is 2.14. The molecule has 1 atom stereocenters. The number of ether oxygens (including phenoxy) is 1. The van der Waals surface area contributed by atoms with E-state index >= 15 is 0 Å². The van der Waals surface area contributed by atoms with Crippen LogP contribution in [0.5, 0.6) is 0 Å². The Kier molecular flexibility index (Phi) is 3.73. The average Bonchev–Trinajstić information content (AvgIpc) is 2.31. The van der Waals surface area contributed by atoms with Crippen molar-refractivity contribution in [2.45, 2.75) is 13.0 Å². The zero-order chi connectivity index (χ0) is 12.4. The first-order valence-electron chi connectivity index (χ1n) is 5.30. The van der Waals surface area contributed by atoms with E-state index in [0.29, 0.717) is 29.7 Å². The van der Waals surface area contributed by atoms with Crippen LogP contribution < -0.4 is 0 Å². The van der Waals surface area contributed by atoms with Crippen molar-refractivity contribution in [1.29, 1.82) is 0 Å². The maximum atomic E-state index is 13.0. The molecule has 1 amide bonds. The summed E-state index contributed by atoms with van der Waals surface area (Å²) in [7, 11) is 0. The molecule has 4 nitrogen and oxygen atoms in total. The van der Waals surface area contributed by atoms with Gasteiger partial charge in [0.2, 0.25) is 5.95 Å². The molecular formula is C11H12BrFN2O2. The molecule has 0 aliphatic carbocycles. The number of pyridine rings is 1. The second-order valence-electron chi connectivity index (χ2n) is 3.92. The van der Waals surface area contributed by atoms with Gasteiger partial charge < -0.3 is 9.64 Å². The maximum Gasteiger partial charge on any atom is 0.255 e. The Morgan fingerprint density at radius 2 is 2.47 bits per heavy atom.